The largest absolute Gasteiger partial charge is 0.478 e. The summed E-state index contributed by atoms with van der Waals surface area (Å²) in [6.45, 7) is 4.01. The van der Waals surface area contributed by atoms with E-state index >= 15 is 0 Å². The second-order valence-corrected chi connectivity index (χ2v) is 5.69. The van der Waals surface area contributed by atoms with Gasteiger partial charge in [-0.05, 0) is 42.2 Å². The molecular formula is C18H19ClN2O3. The number of nitrogens with one attached hydrogen (secondary N) is 1. The summed E-state index contributed by atoms with van der Waals surface area (Å²) in [7, 11) is 0. The molecular weight excluding hydrogens is 328 g/mol. The first-order chi connectivity index (χ1) is 11.5. The van der Waals surface area contributed by atoms with E-state index < -0.39 is 11.9 Å². The van der Waals surface area contributed by atoms with Gasteiger partial charge >= 0.3 is 5.97 Å². The van der Waals surface area contributed by atoms with Crippen LogP contribution in [0, 0.1) is 0 Å². The molecule has 0 fully saturated rings. The minimum Gasteiger partial charge on any atom is -0.478 e. The van der Waals surface area contributed by atoms with Gasteiger partial charge in [0.15, 0.2) is 0 Å². The van der Waals surface area contributed by atoms with E-state index in [1.165, 1.54) is 12.3 Å². The number of aryl methyl sites for hydroxylation is 1. The Bertz CT molecular complexity index is 775. The van der Waals surface area contributed by atoms with E-state index in [0.29, 0.717) is 12.1 Å². The lowest BCUT2D eigenvalue weighted by molar-refractivity contribution is 0.0698. The Morgan fingerprint density at radius 2 is 1.96 bits per heavy atom. The van der Waals surface area contributed by atoms with Crippen LogP contribution in [-0.2, 0) is 12.8 Å². The van der Waals surface area contributed by atoms with Crippen LogP contribution in [0.5, 0.6) is 0 Å². The van der Waals surface area contributed by atoms with E-state index in [-0.39, 0.29) is 16.3 Å². The molecule has 2 N–H and O–H groups in total. The van der Waals surface area contributed by atoms with Crippen LogP contribution in [-0.4, -0.2) is 22.0 Å². The number of hydrogen-bond acceptors (Lipinski definition) is 3. The summed E-state index contributed by atoms with van der Waals surface area (Å²) < 4.78 is 0. The van der Waals surface area contributed by atoms with Crippen molar-refractivity contribution in [1.82, 2.24) is 4.98 Å². The number of benzene rings is 1. The molecule has 1 amide bonds. The van der Waals surface area contributed by atoms with Gasteiger partial charge in [-0.15, -0.1) is 0 Å². The lowest BCUT2D eigenvalue weighted by Crippen LogP contribution is -2.18. The molecule has 2 rings (SSSR count). The number of carboxylic acid groups (broad SMARTS) is 1. The molecule has 126 valence electrons. The Morgan fingerprint density at radius 3 is 2.54 bits per heavy atom. The number of pyridine rings is 1. The van der Waals surface area contributed by atoms with Crippen LogP contribution < -0.4 is 5.32 Å². The molecule has 1 aromatic heterocycles. The molecule has 5 nitrogen and oxygen atoms in total. The highest BCUT2D eigenvalue weighted by atomic mass is 35.5. The second-order valence-electron chi connectivity index (χ2n) is 5.33. The number of aromatic carboxylic acids is 1. The summed E-state index contributed by atoms with van der Waals surface area (Å²) in [6.07, 6.45) is 3.76. The maximum atomic E-state index is 12.5. The number of aromatic nitrogens is 1. The molecule has 2 aromatic rings. The van der Waals surface area contributed by atoms with E-state index in [1.54, 1.807) is 18.2 Å². The number of rotatable bonds is 6. The zero-order valence-electron chi connectivity index (χ0n) is 13.6. The average molecular weight is 347 g/mol. The van der Waals surface area contributed by atoms with Crippen molar-refractivity contribution >= 4 is 29.2 Å². The van der Waals surface area contributed by atoms with Gasteiger partial charge in [-0.1, -0.05) is 37.9 Å². The molecule has 0 aliphatic carbocycles. The van der Waals surface area contributed by atoms with Crippen LogP contribution in [0.2, 0.25) is 5.15 Å². The molecule has 24 heavy (non-hydrogen) atoms. The molecule has 0 saturated heterocycles. The highest BCUT2D eigenvalue weighted by Gasteiger charge is 2.20. The number of hydrogen-bond donors (Lipinski definition) is 2. The van der Waals surface area contributed by atoms with Gasteiger partial charge in [-0.25, -0.2) is 9.78 Å². The monoisotopic (exact) mass is 346 g/mol. The van der Waals surface area contributed by atoms with Crippen LogP contribution in [0.3, 0.4) is 0 Å². The summed E-state index contributed by atoms with van der Waals surface area (Å²) in [6, 6.07) is 6.49. The van der Waals surface area contributed by atoms with Crippen molar-refractivity contribution < 1.29 is 14.7 Å². The molecule has 0 bridgehead atoms. The smallest absolute Gasteiger partial charge is 0.337 e. The van der Waals surface area contributed by atoms with E-state index in [0.717, 1.165) is 24.0 Å². The number of nitrogens with zero attached hydrogens (tertiary/aromatic N) is 1. The summed E-state index contributed by atoms with van der Waals surface area (Å²) >= 11 is 5.96. The second kappa shape index (κ2) is 7.93. The van der Waals surface area contributed by atoms with Gasteiger partial charge < -0.3 is 10.4 Å². The third-order valence-corrected chi connectivity index (χ3v) is 4.06. The van der Waals surface area contributed by atoms with Gasteiger partial charge in [-0.2, -0.15) is 0 Å². The van der Waals surface area contributed by atoms with Gasteiger partial charge in [0.05, 0.1) is 16.8 Å². The standard InChI is InChI=1S/C18H19ClN2O3/c1-3-6-12-11(4-2)8-9-13(18(23)24)15(12)21-17(22)14-7-5-10-20-16(14)19/h5,7-10H,3-4,6H2,1-2H3,(H,21,22)(H,23,24). The Morgan fingerprint density at radius 1 is 1.21 bits per heavy atom. The fourth-order valence-electron chi connectivity index (χ4n) is 2.62. The molecule has 0 aliphatic heterocycles. The Labute approximate surface area is 145 Å². The number of carbonyl (C=O) groups is 2. The quantitative estimate of drug-likeness (QED) is 0.768. The average Bonchev–Trinajstić information content (AvgIpc) is 2.56. The van der Waals surface area contributed by atoms with Crippen molar-refractivity contribution in [3.63, 3.8) is 0 Å². The summed E-state index contributed by atoms with van der Waals surface area (Å²) in [5.41, 5.74) is 2.50. The normalized spacial score (nSPS) is 10.5. The molecule has 0 radical (unpaired) electrons. The SMILES string of the molecule is CCCc1c(CC)ccc(C(=O)O)c1NC(=O)c1cccnc1Cl. The summed E-state index contributed by atoms with van der Waals surface area (Å²) in [5, 5.41) is 12.3. The van der Waals surface area contributed by atoms with Gasteiger partial charge in [0.25, 0.3) is 5.91 Å². The van der Waals surface area contributed by atoms with Crippen LogP contribution in [0.4, 0.5) is 5.69 Å². The molecule has 0 atom stereocenters. The molecule has 0 unspecified atom stereocenters. The van der Waals surface area contributed by atoms with Crippen molar-refractivity contribution in [3.8, 4) is 0 Å². The minimum absolute atomic E-state index is 0.0732. The van der Waals surface area contributed by atoms with E-state index in [2.05, 4.69) is 10.3 Å². The summed E-state index contributed by atoms with van der Waals surface area (Å²) in [4.78, 5) is 28.0. The van der Waals surface area contributed by atoms with Gasteiger partial charge in [-0.3, -0.25) is 4.79 Å². The molecule has 1 heterocycles. The van der Waals surface area contributed by atoms with Crippen LogP contribution in [0.1, 0.15) is 52.1 Å². The zero-order chi connectivity index (χ0) is 17.7. The first-order valence-corrected chi connectivity index (χ1v) is 8.17. The molecule has 0 spiro atoms. The molecule has 6 heteroatoms. The minimum atomic E-state index is -1.08. The number of amides is 1. The van der Waals surface area contributed by atoms with Gasteiger partial charge in [0.1, 0.15) is 5.15 Å². The molecule has 0 saturated carbocycles. The fourth-order valence-corrected chi connectivity index (χ4v) is 2.82. The predicted octanol–water partition coefficient (Wildman–Crippen LogP) is 4.20. The van der Waals surface area contributed by atoms with Crippen molar-refractivity contribution in [2.45, 2.75) is 33.1 Å². The van der Waals surface area contributed by atoms with Gasteiger partial charge in [0.2, 0.25) is 0 Å². The van der Waals surface area contributed by atoms with Crippen molar-refractivity contribution in [1.29, 1.82) is 0 Å². The number of halogens is 1. The van der Waals surface area contributed by atoms with Crippen LogP contribution in [0.15, 0.2) is 30.5 Å². The summed E-state index contributed by atoms with van der Waals surface area (Å²) in [5.74, 6) is -1.55. The van der Waals surface area contributed by atoms with Crippen molar-refractivity contribution in [3.05, 3.63) is 57.9 Å². The van der Waals surface area contributed by atoms with E-state index in [9.17, 15) is 14.7 Å². The van der Waals surface area contributed by atoms with Crippen LogP contribution in [0.25, 0.3) is 0 Å². The van der Waals surface area contributed by atoms with Crippen molar-refractivity contribution in [2.24, 2.45) is 0 Å². The Hall–Kier alpha value is -2.40. The van der Waals surface area contributed by atoms with Crippen molar-refractivity contribution in [2.75, 3.05) is 5.32 Å². The first kappa shape index (κ1) is 17.9. The Kier molecular flexibility index (Phi) is 5.93. The molecule has 0 aliphatic rings. The van der Waals surface area contributed by atoms with Gasteiger partial charge in [0, 0.05) is 6.20 Å². The number of carboxylic acids is 1. The molecule has 1 aromatic carbocycles. The lowest BCUT2D eigenvalue weighted by Gasteiger charge is -2.17. The first-order valence-electron chi connectivity index (χ1n) is 7.79. The highest BCUT2D eigenvalue weighted by Crippen LogP contribution is 2.28. The van der Waals surface area contributed by atoms with Crippen LogP contribution >= 0.6 is 11.6 Å². The number of carbonyl (C=O) groups excluding carboxylic acids is 1. The third-order valence-electron chi connectivity index (χ3n) is 3.76. The fraction of sp³-hybridized carbons (Fsp3) is 0.278. The Balaban J connectivity index is 2.52. The highest BCUT2D eigenvalue weighted by molar-refractivity contribution is 6.33. The van der Waals surface area contributed by atoms with E-state index in [4.69, 9.17) is 11.6 Å². The number of anilines is 1. The third kappa shape index (κ3) is 3.74. The maximum Gasteiger partial charge on any atom is 0.337 e. The lowest BCUT2D eigenvalue weighted by atomic mass is 9.95. The van der Waals surface area contributed by atoms with E-state index in [1.807, 2.05) is 13.8 Å². The zero-order valence-corrected chi connectivity index (χ0v) is 14.4. The topological polar surface area (TPSA) is 79.3 Å². The predicted molar refractivity (Wildman–Crippen MR) is 94.0 cm³/mol. The maximum absolute atomic E-state index is 12.5.